The Morgan fingerprint density at radius 3 is 2.50 bits per heavy atom. The van der Waals surface area contributed by atoms with Crippen molar-refractivity contribution in [3.05, 3.63) is 59.5 Å². The molecule has 1 amide bonds. The van der Waals surface area contributed by atoms with Crippen LogP contribution in [0.3, 0.4) is 0 Å². The van der Waals surface area contributed by atoms with Gasteiger partial charge < -0.3 is 14.2 Å². The van der Waals surface area contributed by atoms with Crippen molar-refractivity contribution in [3.8, 4) is 0 Å². The maximum atomic E-state index is 12.4. The van der Waals surface area contributed by atoms with Gasteiger partial charge in [0, 0.05) is 45.5 Å². The number of ether oxygens (including phenoxy) is 1. The molecule has 1 aliphatic heterocycles. The van der Waals surface area contributed by atoms with Crippen molar-refractivity contribution in [2.24, 2.45) is 0 Å². The molecule has 4 rings (SSSR count). The normalized spacial score (nSPS) is 18.2. The van der Waals surface area contributed by atoms with Gasteiger partial charge in [-0.05, 0) is 31.2 Å². The number of imidazole rings is 1. The molecule has 0 radical (unpaired) electrons. The van der Waals surface area contributed by atoms with Gasteiger partial charge in [0.25, 0.3) is 0 Å². The standard InChI is InChI=1S/C23H29N5O2/c1-24-20-9-7-19(8-10-20)16-28-18-25-15-21(28)17-26-11-13-27(14-12-26)23(29)30-22-5-3-2-4-6-22/h7-10,15,18,22H,2-6,11-14,16-17H2. The van der Waals surface area contributed by atoms with E-state index in [1.807, 2.05) is 41.7 Å². The van der Waals surface area contributed by atoms with Crippen LogP contribution < -0.4 is 0 Å². The maximum absolute atomic E-state index is 12.4. The average molecular weight is 408 g/mol. The number of benzene rings is 1. The first kappa shape index (κ1) is 20.4. The monoisotopic (exact) mass is 407 g/mol. The summed E-state index contributed by atoms with van der Waals surface area (Å²) < 4.78 is 7.86. The molecule has 1 saturated carbocycles. The Bertz CT molecular complexity index is 872. The smallest absolute Gasteiger partial charge is 0.410 e. The molecule has 2 aromatic rings. The number of piperazine rings is 1. The summed E-state index contributed by atoms with van der Waals surface area (Å²) in [4.78, 5) is 24.4. The minimum atomic E-state index is -0.144. The number of aromatic nitrogens is 2. The van der Waals surface area contributed by atoms with Crippen LogP contribution in [0, 0.1) is 6.57 Å². The van der Waals surface area contributed by atoms with E-state index in [0.29, 0.717) is 18.8 Å². The Morgan fingerprint density at radius 1 is 1.07 bits per heavy atom. The molecule has 0 unspecified atom stereocenters. The van der Waals surface area contributed by atoms with E-state index in [2.05, 4.69) is 19.3 Å². The molecule has 0 atom stereocenters. The SMILES string of the molecule is [C-]#[N+]c1ccc(Cn2cncc2CN2CCN(C(=O)OC3CCCCC3)CC2)cc1. The molecule has 1 aromatic carbocycles. The number of rotatable bonds is 5. The quantitative estimate of drug-likeness (QED) is 0.701. The molecule has 7 heteroatoms. The van der Waals surface area contributed by atoms with E-state index in [1.165, 1.54) is 19.3 Å². The van der Waals surface area contributed by atoms with E-state index in [4.69, 9.17) is 11.3 Å². The first-order valence-corrected chi connectivity index (χ1v) is 10.8. The van der Waals surface area contributed by atoms with Crippen molar-refractivity contribution < 1.29 is 9.53 Å². The van der Waals surface area contributed by atoms with Gasteiger partial charge in [0.1, 0.15) is 6.10 Å². The molecule has 30 heavy (non-hydrogen) atoms. The number of amides is 1. The number of nitrogens with zero attached hydrogens (tertiary/aromatic N) is 5. The van der Waals surface area contributed by atoms with Crippen LogP contribution in [0.25, 0.3) is 4.85 Å². The largest absolute Gasteiger partial charge is 0.446 e. The summed E-state index contributed by atoms with van der Waals surface area (Å²) in [6, 6.07) is 7.69. The highest BCUT2D eigenvalue weighted by atomic mass is 16.6. The topological polar surface area (TPSA) is 55.0 Å². The van der Waals surface area contributed by atoms with E-state index >= 15 is 0 Å². The lowest BCUT2D eigenvalue weighted by atomic mass is 9.98. The zero-order valence-corrected chi connectivity index (χ0v) is 17.4. The molecule has 1 aromatic heterocycles. The lowest BCUT2D eigenvalue weighted by Crippen LogP contribution is -2.49. The molecular weight excluding hydrogens is 378 g/mol. The number of carbonyl (C=O) groups is 1. The second-order valence-corrected chi connectivity index (χ2v) is 8.20. The van der Waals surface area contributed by atoms with E-state index in [9.17, 15) is 4.79 Å². The third-order valence-corrected chi connectivity index (χ3v) is 6.05. The Kier molecular flexibility index (Phi) is 6.65. The predicted octanol–water partition coefficient (Wildman–Crippen LogP) is 4.07. The maximum Gasteiger partial charge on any atom is 0.410 e. The summed E-state index contributed by atoms with van der Waals surface area (Å²) in [5, 5.41) is 0. The van der Waals surface area contributed by atoms with Crippen LogP contribution in [0.2, 0.25) is 0 Å². The van der Waals surface area contributed by atoms with E-state index < -0.39 is 0 Å². The Hall–Kier alpha value is -2.85. The Balaban J connectivity index is 1.26. The molecule has 2 aliphatic rings. The van der Waals surface area contributed by atoms with Gasteiger partial charge in [-0.15, -0.1) is 0 Å². The van der Waals surface area contributed by atoms with E-state index in [-0.39, 0.29) is 12.2 Å². The van der Waals surface area contributed by atoms with E-state index in [1.54, 1.807) is 0 Å². The summed E-state index contributed by atoms with van der Waals surface area (Å²) in [5.74, 6) is 0. The molecule has 1 aliphatic carbocycles. The minimum absolute atomic E-state index is 0.113. The van der Waals surface area contributed by atoms with Gasteiger partial charge in [0.2, 0.25) is 0 Å². The van der Waals surface area contributed by atoms with Crippen molar-refractivity contribution in [3.63, 3.8) is 0 Å². The van der Waals surface area contributed by atoms with Crippen molar-refractivity contribution in [1.82, 2.24) is 19.4 Å². The number of hydrogen-bond acceptors (Lipinski definition) is 4. The molecule has 0 spiro atoms. The first-order valence-electron chi connectivity index (χ1n) is 10.8. The van der Waals surface area contributed by atoms with Crippen LogP contribution in [0.5, 0.6) is 0 Å². The lowest BCUT2D eigenvalue weighted by molar-refractivity contribution is 0.0318. The second kappa shape index (κ2) is 9.77. The van der Waals surface area contributed by atoms with Crippen LogP contribution in [-0.2, 0) is 17.8 Å². The Labute approximate surface area is 178 Å². The van der Waals surface area contributed by atoms with E-state index in [0.717, 1.165) is 50.3 Å². The number of carbonyl (C=O) groups excluding carboxylic acids is 1. The molecule has 2 heterocycles. The summed E-state index contributed by atoms with van der Waals surface area (Å²) in [5.41, 5.74) is 2.96. The van der Waals surface area contributed by atoms with Gasteiger partial charge in [-0.3, -0.25) is 4.90 Å². The lowest BCUT2D eigenvalue weighted by Gasteiger charge is -2.35. The van der Waals surface area contributed by atoms with Crippen LogP contribution in [0.1, 0.15) is 43.4 Å². The predicted molar refractivity (Wildman–Crippen MR) is 114 cm³/mol. The van der Waals surface area contributed by atoms with Gasteiger partial charge in [-0.2, -0.15) is 0 Å². The third-order valence-electron chi connectivity index (χ3n) is 6.05. The van der Waals surface area contributed by atoms with Crippen LogP contribution >= 0.6 is 0 Å². The molecular formula is C23H29N5O2. The first-order chi connectivity index (χ1) is 14.7. The third kappa shape index (κ3) is 5.19. The number of hydrogen-bond donors (Lipinski definition) is 0. The molecule has 2 fully saturated rings. The summed E-state index contributed by atoms with van der Waals surface area (Å²) in [6.07, 6.45) is 9.36. The fourth-order valence-corrected chi connectivity index (χ4v) is 4.21. The molecule has 1 saturated heterocycles. The van der Waals surface area contributed by atoms with Gasteiger partial charge in [0.05, 0.1) is 18.6 Å². The second-order valence-electron chi connectivity index (χ2n) is 8.20. The highest BCUT2D eigenvalue weighted by Gasteiger charge is 2.25. The molecule has 158 valence electrons. The van der Waals surface area contributed by atoms with Crippen LogP contribution in [0.15, 0.2) is 36.8 Å². The van der Waals surface area contributed by atoms with Crippen molar-refractivity contribution >= 4 is 11.8 Å². The van der Waals surface area contributed by atoms with Gasteiger partial charge in [0.15, 0.2) is 5.69 Å². The Morgan fingerprint density at radius 2 is 1.80 bits per heavy atom. The molecule has 0 N–H and O–H groups in total. The van der Waals surface area contributed by atoms with Crippen molar-refractivity contribution in [2.45, 2.75) is 51.3 Å². The fraction of sp³-hybridized carbons (Fsp3) is 0.522. The summed E-state index contributed by atoms with van der Waals surface area (Å²) in [6.45, 7) is 11.7. The zero-order chi connectivity index (χ0) is 20.8. The molecule has 7 nitrogen and oxygen atoms in total. The summed E-state index contributed by atoms with van der Waals surface area (Å²) in [7, 11) is 0. The van der Waals surface area contributed by atoms with Crippen LogP contribution in [0.4, 0.5) is 10.5 Å². The highest BCUT2D eigenvalue weighted by Crippen LogP contribution is 2.21. The van der Waals surface area contributed by atoms with Crippen LogP contribution in [-0.4, -0.2) is 57.7 Å². The van der Waals surface area contributed by atoms with Crippen molar-refractivity contribution in [2.75, 3.05) is 26.2 Å². The highest BCUT2D eigenvalue weighted by molar-refractivity contribution is 5.68. The summed E-state index contributed by atoms with van der Waals surface area (Å²) >= 11 is 0. The van der Waals surface area contributed by atoms with Crippen molar-refractivity contribution in [1.29, 1.82) is 0 Å². The average Bonchev–Trinajstić information content (AvgIpc) is 3.22. The van der Waals surface area contributed by atoms with Gasteiger partial charge >= 0.3 is 6.09 Å². The van der Waals surface area contributed by atoms with Gasteiger partial charge in [-0.25, -0.2) is 14.6 Å². The fourth-order valence-electron chi connectivity index (χ4n) is 4.21. The molecule has 0 bridgehead atoms. The zero-order valence-electron chi connectivity index (χ0n) is 17.4. The minimum Gasteiger partial charge on any atom is -0.446 e. The van der Waals surface area contributed by atoms with Gasteiger partial charge in [-0.1, -0.05) is 30.7 Å².